The van der Waals surface area contributed by atoms with Gasteiger partial charge in [0.25, 0.3) is 0 Å². The molecule has 0 bridgehead atoms. The molecule has 0 spiro atoms. The van der Waals surface area contributed by atoms with Gasteiger partial charge < -0.3 is 0 Å². The molecule has 150 valence electrons. The predicted molar refractivity (Wildman–Crippen MR) is 113 cm³/mol. The number of fused-ring (bicyclic) bond motifs is 1. The van der Waals surface area contributed by atoms with Gasteiger partial charge in [-0.3, -0.25) is 0 Å². The molecule has 0 aliphatic rings. The highest BCUT2D eigenvalue weighted by Crippen LogP contribution is 2.20. The molecule has 31 heavy (non-hydrogen) atoms. The number of benzene rings is 4. The molecule has 0 nitrogen and oxygen atoms in total. The molecule has 0 aliphatic carbocycles. The van der Waals surface area contributed by atoms with Crippen LogP contribution in [0, 0.1) is 53.9 Å². The van der Waals surface area contributed by atoms with Gasteiger partial charge in [0.1, 0.15) is 11.6 Å². The van der Waals surface area contributed by atoms with Crippen LogP contribution >= 0.6 is 0 Å². The van der Waals surface area contributed by atoms with Gasteiger partial charge >= 0.3 is 0 Å². The largest absolute Gasteiger partial charge is 0.206 e. The van der Waals surface area contributed by atoms with Gasteiger partial charge in [0.05, 0.1) is 5.56 Å². The third-order valence-electron chi connectivity index (χ3n) is 4.63. The number of aryl methyl sites for hydroxylation is 1. The second-order valence-electron chi connectivity index (χ2n) is 7.01. The van der Waals surface area contributed by atoms with Crippen LogP contribution in [0.1, 0.15) is 27.8 Å². The van der Waals surface area contributed by atoms with E-state index >= 15 is 0 Å². The van der Waals surface area contributed by atoms with Gasteiger partial charge in [0.2, 0.25) is 0 Å². The van der Waals surface area contributed by atoms with Crippen molar-refractivity contribution in [2.75, 3.05) is 0 Å². The van der Waals surface area contributed by atoms with Crippen molar-refractivity contribution >= 4 is 10.8 Å². The summed E-state index contributed by atoms with van der Waals surface area (Å²) in [5, 5.41) is 1.15. The molecule has 0 N–H and O–H groups in total. The Morgan fingerprint density at radius 2 is 0.968 bits per heavy atom. The molecule has 0 radical (unpaired) electrons. The predicted octanol–water partition coefficient (Wildman–Crippen LogP) is 6.50. The summed E-state index contributed by atoms with van der Waals surface area (Å²) in [4.78, 5) is 0. The zero-order valence-corrected chi connectivity index (χ0v) is 16.4. The van der Waals surface area contributed by atoms with Crippen molar-refractivity contribution in [3.8, 4) is 23.7 Å². The molecular weight excluding hydrogens is 400 g/mol. The maximum Gasteiger partial charge on any atom is 0.159 e. The first-order chi connectivity index (χ1) is 14.9. The van der Waals surface area contributed by atoms with Crippen LogP contribution in [0.15, 0.2) is 66.7 Å². The van der Waals surface area contributed by atoms with E-state index in [4.69, 9.17) is 0 Å². The highest BCUT2D eigenvalue weighted by atomic mass is 19.2. The fourth-order valence-electron chi connectivity index (χ4n) is 3.06. The Bertz CT molecular complexity index is 1400. The quantitative estimate of drug-likeness (QED) is 0.227. The van der Waals surface area contributed by atoms with Gasteiger partial charge in [0, 0.05) is 16.7 Å². The summed E-state index contributed by atoms with van der Waals surface area (Å²) < 4.78 is 54.5. The van der Waals surface area contributed by atoms with Gasteiger partial charge in [-0.2, -0.15) is 0 Å². The Morgan fingerprint density at radius 3 is 1.58 bits per heavy atom. The first-order valence-electron chi connectivity index (χ1n) is 9.37. The zero-order chi connectivity index (χ0) is 22.0. The van der Waals surface area contributed by atoms with Crippen molar-refractivity contribution in [2.24, 2.45) is 0 Å². The van der Waals surface area contributed by atoms with E-state index < -0.39 is 23.3 Å². The molecule has 0 aromatic heterocycles. The van der Waals surface area contributed by atoms with E-state index in [1.165, 1.54) is 12.1 Å². The highest BCUT2D eigenvalue weighted by molar-refractivity contribution is 5.84. The van der Waals surface area contributed by atoms with Crippen LogP contribution in [0.3, 0.4) is 0 Å². The first-order valence-corrected chi connectivity index (χ1v) is 9.37. The van der Waals surface area contributed by atoms with E-state index in [0.29, 0.717) is 33.0 Å². The van der Waals surface area contributed by atoms with Crippen molar-refractivity contribution in [3.05, 3.63) is 118 Å². The van der Waals surface area contributed by atoms with Gasteiger partial charge in [0.15, 0.2) is 11.6 Å². The zero-order valence-electron chi connectivity index (χ0n) is 16.4. The van der Waals surface area contributed by atoms with E-state index in [1.54, 1.807) is 49.4 Å². The Kier molecular flexibility index (Phi) is 5.48. The standard InChI is InChI=1S/C27H14F4/c1-17-12-24(28)23(25(29)13-17)11-9-19-4-2-18(3-5-19)6-7-20-8-10-21-15-26(30)27(31)16-22(21)14-20/h2-5,8,10,12-16H,1H3. The molecule has 4 rings (SSSR count). The Labute approximate surface area is 177 Å². The van der Waals surface area contributed by atoms with E-state index in [2.05, 4.69) is 23.7 Å². The van der Waals surface area contributed by atoms with Crippen LogP contribution < -0.4 is 0 Å². The molecule has 0 fully saturated rings. The van der Waals surface area contributed by atoms with Crippen LogP contribution in [-0.2, 0) is 0 Å². The summed E-state index contributed by atoms with van der Waals surface area (Å²) in [7, 11) is 0. The van der Waals surface area contributed by atoms with Crippen LogP contribution in [0.4, 0.5) is 17.6 Å². The molecular formula is C27H14F4. The normalized spacial score (nSPS) is 10.2. The maximum absolute atomic E-state index is 13.9. The van der Waals surface area contributed by atoms with Gasteiger partial charge in [-0.1, -0.05) is 29.7 Å². The number of hydrogen-bond donors (Lipinski definition) is 0. The fraction of sp³-hybridized carbons (Fsp3) is 0.0370. The Morgan fingerprint density at radius 1 is 0.484 bits per heavy atom. The van der Waals surface area contributed by atoms with Gasteiger partial charge in [-0.25, -0.2) is 17.6 Å². The van der Waals surface area contributed by atoms with E-state index in [9.17, 15) is 17.6 Å². The summed E-state index contributed by atoms with van der Waals surface area (Å²) in [5.41, 5.74) is 2.19. The minimum atomic E-state index is -0.903. The summed E-state index contributed by atoms with van der Waals surface area (Å²) in [5.74, 6) is 8.09. The molecule has 0 saturated heterocycles. The average Bonchev–Trinajstić information content (AvgIpc) is 2.73. The van der Waals surface area contributed by atoms with Gasteiger partial charge in [-0.05, 0) is 83.9 Å². The first kappa shape index (κ1) is 20.3. The average molecular weight is 414 g/mol. The molecule has 4 heteroatoms. The summed E-state index contributed by atoms with van der Waals surface area (Å²) in [6, 6.07) is 16.8. The van der Waals surface area contributed by atoms with Crippen LogP contribution in [0.5, 0.6) is 0 Å². The minimum Gasteiger partial charge on any atom is -0.206 e. The minimum absolute atomic E-state index is 0.262. The number of rotatable bonds is 0. The molecule has 0 heterocycles. The monoisotopic (exact) mass is 414 g/mol. The lowest BCUT2D eigenvalue weighted by Gasteiger charge is -2.00. The summed E-state index contributed by atoms with van der Waals surface area (Å²) in [6.07, 6.45) is 0. The number of halogens is 4. The molecule has 4 aromatic rings. The SMILES string of the molecule is Cc1cc(F)c(C#Cc2ccc(C#Cc3ccc4cc(F)c(F)cc4c3)cc2)c(F)c1. The number of hydrogen-bond acceptors (Lipinski definition) is 0. The van der Waals surface area contributed by atoms with E-state index in [1.807, 2.05) is 0 Å². The Balaban J connectivity index is 1.55. The third kappa shape index (κ3) is 4.60. The topological polar surface area (TPSA) is 0 Å². The lowest BCUT2D eigenvalue weighted by Crippen LogP contribution is -1.91. The lowest BCUT2D eigenvalue weighted by molar-refractivity contribution is 0.511. The van der Waals surface area contributed by atoms with Crippen LogP contribution in [-0.4, -0.2) is 0 Å². The van der Waals surface area contributed by atoms with Crippen molar-refractivity contribution in [2.45, 2.75) is 6.92 Å². The van der Waals surface area contributed by atoms with E-state index in [0.717, 1.165) is 12.1 Å². The van der Waals surface area contributed by atoms with Crippen molar-refractivity contribution in [3.63, 3.8) is 0 Å². The molecule has 4 aromatic carbocycles. The van der Waals surface area contributed by atoms with E-state index in [-0.39, 0.29) is 5.56 Å². The summed E-state index contributed by atoms with van der Waals surface area (Å²) in [6.45, 7) is 1.61. The molecule has 0 atom stereocenters. The molecule has 0 aliphatic heterocycles. The lowest BCUT2D eigenvalue weighted by atomic mass is 10.1. The second-order valence-corrected chi connectivity index (χ2v) is 7.01. The molecule has 0 saturated carbocycles. The smallest absolute Gasteiger partial charge is 0.159 e. The fourth-order valence-corrected chi connectivity index (χ4v) is 3.06. The van der Waals surface area contributed by atoms with Crippen molar-refractivity contribution in [1.82, 2.24) is 0 Å². The van der Waals surface area contributed by atoms with Gasteiger partial charge in [-0.15, -0.1) is 0 Å². The third-order valence-corrected chi connectivity index (χ3v) is 4.63. The Hall–Kier alpha value is -4.02. The maximum atomic E-state index is 13.9. The highest BCUT2D eigenvalue weighted by Gasteiger charge is 2.07. The van der Waals surface area contributed by atoms with Crippen LogP contribution in [0.25, 0.3) is 10.8 Å². The van der Waals surface area contributed by atoms with Crippen molar-refractivity contribution < 1.29 is 17.6 Å². The van der Waals surface area contributed by atoms with Crippen molar-refractivity contribution in [1.29, 1.82) is 0 Å². The second kappa shape index (κ2) is 8.38. The molecule has 0 amide bonds. The van der Waals surface area contributed by atoms with Crippen LogP contribution in [0.2, 0.25) is 0 Å². The molecule has 0 unspecified atom stereocenters. The summed E-state index contributed by atoms with van der Waals surface area (Å²) >= 11 is 0.